The summed E-state index contributed by atoms with van der Waals surface area (Å²) in [6.07, 6.45) is 2.28. The lowest BCUT2D eigenvalue weighted by Gasteiger charge is -2.33. The molecule has 1 aliphatic heterocycles. The van der Waals surface area contributed by atoms with Crippen LogP contribution in [0.15, 0.2) is 12.7 Å². The van der Waals surface area contributed by atoms with Crippen LogP contribution in [0, 0.1) is 29.9 Å². The molecule has 1 unspecified atom stereocenters. The van der Waals surface area contributed by atoms with E-state index in [9.17, 15) is 19.2 Å². The first kappa shape index (κ1) is 18.6. The maximum Gasteiger partial charge on any atom is 0.253 e. The number of carbonyl (C=O) groups excluding carboxylic acids is 2. The van der Waals surface area contributed by atoms with Crippen LogP contribution in [0.4, 0.5) is 8.78 Å². The first-order valence-electron chi connectivity index (χ1n) is 8.46. The van der Waals surface area contributed by atoms with E-state index in [2.05, 4.69) is 11.6 Å². The highest BCUT2D eigenvalue weighted by molar-refractivity contribution is 6.08. The monoisotopic (exact) mass is 372 g/mol. The maximum absolute atomic E-state index is 15.0. The van der Waals surface area contributed by atoms with Crippen molar-refractivity contribution in [2.24, 2.45) is 5.73 Å². The highest BCUT2D eigenvalue weighted by Crippen LogP contribution is 2.39. The van der Waals surface area contributed by atoms with Gasteiger partial charge in [0.1, 0.15) is 11.6 Å². The van der Waals surface area contributed by atoms with E-state index < -0.39 is 29.0 Å². The third-order valence-electron chi connectivity index (χ3n) is 5.03. The summed E-state index contributed by atoms with van der Waals surface area (Å²) < 4.78 is 29.7. The van der Waals surface area contributed by atoms with Crippen molar-refractivity contribution in [1.82, 2.24) is 9.88 Å². The number of fused-ring (bicyclic) bond motifs is 1. The first-order valence-corrected chi connectivity index (χ1v) is 8.46. The number of aromatic nitrogens is 1. The van der Waals surface area contributed by atoms with E-state index in [1.807, 2.05) is 6.07 Å². The summed E-state index contributed by atoms with van der Waals surface area (Å²) in [5.41, 5.74) is 5.17. The number of nitrogens with zero attached hydrogens (tertiary/aromatic N) is 2. The van der Waals surface area contributed by atoms with E-state index in [1.54, 1.807) is 6.92 Å². The van der Waals surface area contributed by atoms with Crippen LogP contribution in [-0.2, 0) is 4.79 Å². The predicted octanol–water partition coefficient (Wildman–Crippen LogP) is 2.62. The molecule has 6 nitrogen and oxygen atoms in total. The minimum Gasteiger partial charge on any atom is -0.365 e. The summed E-state index contributed by atoms with van der Waals surface area (Å²) in [5, 5.41) is 9.67. The Bertz CT molecular complexity index is 1020. The van der Waals surface area contributed by atoms with Gasteiger partial charge in [0.25, 0.3) is 5.91 Å². The van der Waals surface area contributed by atoms with Crippen molar-refractivity contribution in [2.75, 3.05) is 13.1 Å². The molecule has 1 saturated heterocycles. The topological polar surface area (TPSA) is 103 Å². The Morgan fingerprint density at radius 1 is 1.41 bits per heavy atom. The molecule has 3 rings (SSSR count). The van der Waals surface area contributed by atoms with Crippen LogP contribution in [0.2, 0.25) is 0 Å². The number of nitrogens with one attached hydrogen (secondary N) is 1. The average molecular weight is 372 g/mol. The fourth-order valence-electron chi connectivity index (χ4n) is 3.83. The van der Waals surface area contributed by atoms with Gasteiger partial charge >= 0.3 is 0 Å². The maximum atomic E-state index is 15.0. The number of halogens is 2. The van der Waals surface area contributed by atoms with E-state index in [0.29, 0.717) is 25.1 Å². The molecule has 0 radical (unpaired) electrons. The Hall–Kier alpha value is -3.21. The quantitative estimate of drug-likeness (QED) is 0.810. The molecule has 1 fully saturated rings. The molecule has 1 aromatic heterocycles. The zero-order valence-corrected chi connectivity index (χ0v) is 14.7. The molecule has 0 bridgehead atoms. The predicted molar refractivity (Wildman–Crippen MR) is 94.9 cm³/mol. The molecule has 0 saturated carbocycles. The molecule has 140 valence electrons. The Balaban J connectivity index is 2.30. The van der Waals surface area contributed by atoms with Gasteiger partial charge in [0.05, 0.1) is 11.1 Å². The number of rotatable bonds is 3. The zero-order valence-electron chi connectivity index (χ0n) is 14.7. The van der Waals surface area contributed by atoms with Crippen LogP contribution in [0.3, 0.4) is 0 Å². The highest BCUT2D eigenvalue weighted by atomic mass is 19.2. The Labute approximate surface area is 154 Å². The Morgan fingerprint density at radius 3 is 2.70 bits per heavy atom. The number of nitrogens with two attached hydrogens (primary N) is 1. The van der Waals surface area contributed by atoms with E-state index in [-0.39, 0.29) is 34.5 Å². The van der Waals surface area contributed by atoms with Gasteiger partial charge in [-0.05, 0) is 25.8 Å². The molecule has 1 atom stereocenters. The van der Waals surface area contributed by atoms with Crippen LogP contribution >= 0.6 is 0 Å². The summed E-state index contributed by atoms with van der Waals surface area (Å²) in [5.74, 6) is -4.49. The van der Waals surface area contributed by atoms with Crippen LogP contribution in [0.5, 0.6) is 0 Å². The number of aryl methyl sites for hydroxylation is 1. The van der Waals surface area contributed by atoms with Crippen molar-refractivity contribution in [3.8, 4) is 6.07 Å². The molecular weight excluding hydrogens is 354 g/mol. The molecule has 1 aliphatic rings. The zero-order chi connectivity index (χ0) is 19.9. The van der Waals surface area contributed by atoms with Crippen LogP contribution < -0.4 is 5.73 Å². The average Bonchev–Trinajstić information content (AvgIpc) is 2.96. The second-order valence-corrected chi connectivity index (χ2v) is 6.60. The number of aromatic amines is 1. The third kappa shape index (κ3) is 2.85. The smallest absolute Gasteiger partial charge is 0.253 e. The van der Waals surface area contributed by atoms with Crippen molar-refractivity contribution >= 4 is 22.7 Å². The standard InChI is InChI=1S/C19H18F2N4O2/c1-3-12(26)25-6-4-5-10(8-25)13-14-11(7-22)9(2)24-18(14)15(19(23)27)17(21)16(13)20/h3,10,24H,1,4-6,8H2,2H3,(H2,23,27). The lowest BCUT2D eigenvalue weighted by molar-refractivity contribution is -0.127. The number of benzene rings is 1. The number of nitriles is 1. The number of amides is 2. The summed E-state index contributed by atoms with van der Waals surface area (Å²) in [6, 6.07) is 1.99. The lowest BCUT2D eigenvalue weighted by atomic mass is 9.85. The SMILES string of the molecule is C=CC(=O)N1CCCC(c2c(F)c(F)c(C(N)=O)c3[nH]c(C)c(C#N)c23)C1. The third-order valence-corrected chi connectivity index (χ3v) is 5.03. The Kier molecular flexibility index (Phi) is 4.70. The van der Waals surface area contributed by atoms with Gasteiger partial charge in [0.15, 0.2) is 11.6 Å². The van der Waals surface area contributed by atoms with Gasteiger partial charge in [-0.3, -0.25) is 9.59 Å². The van der Waals surface area contributed by atoms with Crippen LogP contribution in [0.1, 0.15) is 45.9 Å². The van der Waals surface area contributed by atoms with Gasteiger partial charge < -0.3 is 15.6 Å². The van der Waals surface area contributed by atoms with Crippen molar-refractivity contribution in [3.05, 3.63) is 46.7 Å². The molecule has 2 amide bonds. The summed E-state index contributed by atoms with van der Waals surface area (Å²) in [6.45, 7) is 5.69. The normalized spacial score (nSPS) is 17.0. The van der Waals surface area contributed by atoms with Crippen LogP contribution in [-0.4, -0.2) is 34.8 Å². The highest BCUT2D eigenvalue weighted by Gasteiger charge is 2.33. The summed E-state index contributed by atoms with van der Waals surface area (Å²) in [4.78, 5) is 28.0. The molecule has 3 N–H and O–H groups in total. The second kappa shape index (κ2) is 6.83. The molecule has 0 spiro atoms. The number of H-pyrrole nitrogens is 1. The van der Waals surface area contributed by atoms with Gasteiger partial charge in [-0.1, -0.05) is 6.58 Å². The van der Waals surface area contributed by atoms with Crippen LogP contribution in [0.25, 0.3) is 10.9 Å². The van der Waals surface area contributed by atoms with E-state index in [0.717, 1.165) is 0 Å². The minimum absolute atomic E-state index is 0.00466. The van der Waals surface area contributed by atoms with Crippen molar-refractivity contribution in [3.63, 3.8) is 0 Å². The van der Waals surface area contributed by atoms with Crippen molar-refractivity contribution in [2.45, 2.75) is 25.7 Å². The fourth-order valence-corrected chi connectivity index (χ4v) is 3.83. The van der Waals surface area contributed by atoms with Gasteiger partial charge in [0, 0.05) is 35.7 Å². The van der Waals surface area contributed by atoms with E-state index >= 15 is 4.39 Å². The number of primary amides is 1. The number of carbonyl (C=O) groups is 2. The molecule has 2 heterocycles. The molecule has 27 heavy (non-hydrogen) atoms. The number of piperidine rings is 1. The second-order valence-electron chi connectivity index (χ2n) is 6.60. The van der Waals surface area contributed by atoms with Crippen molar-refractivity contribution < 1.29 is 18.4 Å². The van der Waals surface area contributed by atoms with Gasteiger partial charge in [-0.15, -0.1) is 0 Å². The molecule has 0 aliphatic carbocycles. The molecule has 1 aromatic carbocycles. The minimum atomic E-state index is -1.34. The molecule has 2 aromatic rings. The molecular formula is C19H18F2N4O2. The van der Waals surface area contributed by atoms with Gasteiger partial charge in [-0.25, -0.2) is 8.78 Å². The number of hydrogen-bond donors (Lipinski definition) is 2. The largest absolute Gasteiger partial charge is 0.365 e. The van der Waals surface area contributed by atoms with E-state index in [1.165, 1.54) is 11.0 Å². The summed E-state index contributed by atoms with van der Waals surface area (Å²) >= 11 is 0. The lowest BCUT2D eigenvalue weighted by Crippen LogP contribution is -2.38. The fraction of sp³-hybridized carbons (Fsp3) is 0.316. The number of likely N-dealkylation sites (tertiary alicyclic amines) is 1. The van der Waals surface area contributed by atoms with Crippen molar-refractivity contribution in [1.29, 1.82) is 5.26 Å². The first-order chi connectivity index (χ1) is 12.8. The van der Waals surface area contributed by atoms with Gasteiger partial charge in [0.2, 0.25) is 5.91 Å². The molecule has 8 heteroatoms. The van der Waals surface area contributed by atoms with E-state index in [4.69, 9.17) is 5.73 Å². The summed E-state index contributed by atoms with van der Waals surface area (Å²) in [7, 11) is 0. The Morgan fingerprint density at radius 2 is 2.11 bits per heavy atom. The van der Waals surface area contributed by atoms with Gasteiger partial charge in [-0.2, -0.15) is 5.26 Å². The number of hydrogen-bond acceptors (Lipinski definition) is 3.